The van der Waals surface area contributed by atoms with Gasteiger partial charge in [0.15, 0.2) is 0 Å². The number of rotatable bonds is 1. The lowest BCUT2D eigenvalue weighted by Crippen LogP contribution is -2.51. The first-order valence-corrected chi connectivity index (χ1v) is 6.21. The fourth-order valence-electron chi connectivity index (χ4n) is 2.12. The molecule has 0 aromatic heterocycles. The number of hydrogen-bond acceptors (Lipinski definition) is 3. The normalized spacial score (nSPS) is 25.6. The molecule has 0 unspecified atom stereocenters. The summed E-state index contributed by atoms with van der Waals surface area (Å²) < 4.78 is 5.36. The topological polar surface area (TPSA) is 46.6 Å². The Kier molecular flexibility index (Phi) is 4.17. The lowest BCUT2D eigenvalue weighted by molar-refractivity contribution is -0.166. The van der Waals surface area contributed by atoms with Gasteiger partial charge in [-0.15, -0.1) is 0 Å². The minimum atomic E-state index is -0.497. The van der Waals surface area contributed by atoms with Crippen LogP contribution in [0.2, 0.25) is 0 Å². The van der Waals surface area contributed by atoms with Crippen LogP contribution in [0.15, 0.2) is 0 Å². The van der Waals surface area contributed by atoms with E-state index in [9.17, 15) is 9.59 Å². The van der Waals surface area contributed by atoms with Crippen molar-refractivity contribution in [3.05, 3.63) is 0 Å². The van der Waals surface area contributed by atoms with E-state index in [1.165, 1.54) is 6.92 Å². The third-order valence-electron chi connectivity index (χ3n) is 2.90. The molecule has 0 aliphatic carbocycles. The SMILES string of the molecule is CC(=O)N1C[C@H](C)CC[C@H]1C(=O)OC(C)(C)C. The van der Waals surface area contributed by atoms with E-state index in [1.807, 2.05) is 20.8 Å². The zero-order valence-electron chi connectivity index (χ0n) is 11.4. The van der Waals surface area contributed by atoms with E-state index in [4.69, 9.17) is 4.74 Å². The van der Waals surface area contributed by atoms with Crippen molar-refractivity contribution >= 4 is 11.9 Å². The van der Waals surface area contributed by atoms with E-state index in [0.29, 0.717) is 18.9 Å². The minimum absolute atomic E-state index is 0.0487. The highest BCUT2D eigenvalue weighted by Crippen LogP contribution is 2.24. The first kappa shape index (κ1) is 14.0. The summed E-state index contributed by atoms with van der Waals surface area (Å²) in [5.41, 5.74) is -0.497. The van der Waals surface area contributed by atoms with Crippen molar-refractivity contribution in [2.45, 2.75) is 59.1 Å². The van der Waals surface area contributed by atoms with Gasteiger partial charge in [-0.2, -0.15) is 0 Å². The number of nitrogens with zero attached hydrogens (tertiary/aromatic N) is 1. The summed E-state index contributed by atoms with van der Waals surface area (Å²) in [7, 11) is 0. The van der Waals surface area contributed by atoms with Crippen molar-refractivity contribution in [2.24, 2.45) is 5.92 Å². The molecule has 98 valence electrons. The number of piperidine rings is 1. The molecule has 1 heterocycles. The van der Waals surface area contributed by atoms with Crippen LogP contribution in [0.4, 0.5) is 0 Å². The highest BCUT2D eigenvalue weighted by atomic mass is 16.6. The second-order valence-electron chi connectivity index (χ2n) is 5.90. The summed E-state index contributed by atoms with van der Waals surface area (Å²) in [6.07, 6.45) is 1.67. The lowest BCUT2D eigenvalue weighted by atomic mass is 9.94. The molecule has 17 heavy (non-hydrogen) atoms. The van der Waals surface area contributed by atoms with E-state index < -0.39 is 11.6 Å². The van der Waals surface area contributed by atoms with E-state index in [-0.39, 0.29) is 11.9 Å². The summed E-state index contributed by atoms with van der Waals surface area (Å²) in [6.45, 7) is 9.78. The predicted octanol–water partition coefficient (Wildman–Crippen LogP) is 1.98. The Morgan fingerprint density at radius 2 is 1.82 bits per heavy atom. The van der Waals surface area contributed by atoms with Gasteiger partial charge in [-0.1, -0.05) is 6.92 Å². The van der Waals surface area contributed by atoms with Crippen LogP contribution in [0.5, 0.6) is 0 Å². The molecule has 0 spiro atoms. The Labute approximate surface area is 103 Å². The van der Waals surface area contributed by atoms with Crippen LogP contribution in [0.3, 0.4) is 0 Å². The molecule has 1 aliphatic heterocycles. The Balaban J connectivity index is 2.73. The molecule has 1 aliphatic rings. The highest BCUT2D eigenvalue weighted by molar-refractivity contribution is 5.83. The molecule has 0 radical (unpaired) electrons. The number of amides is 1. The van der Waals surface area contributed by atoms with Crippen LogP contribution in [0.1, 0.15) is 47.5 Å². The Bertz CT molecular complexity index is 306. The quantitative estimate of drug-likeness (QED) is 0.659. The van der Waals surface area contributed by atoms with Crippen molar-refractivity contribution in [3.63, 3.8) is 0 Å². The third kappa shape index (κ3) is 4.02. The molecule has 1 saturated heterocycles. The van der Waals surface area contributed by atoms with Crippen LogP contribution >= 0.6 is 0 Å². The first-order chi connectivity index (χ1) is 7.70. The smallest absolute Gasteiger partial charge is 0.329 e. The molecule has 0 aromatic rings. The van der Waals surface area contributed by atoms with Gasteiger partial charge in [0.25, 0.3) is 0 Å². The molecule has 2 atom stereocenters. The van der Waals surface area contributed by atoms with Gasteiger partial charge < -0.3 is 9.64 Å². The van der Waals surface area contributed by atoms with Gasteiger partial charge in [0, 0.05) is 13.5 Å². The first-order valence-electron chi connectivity index (χ1n) is 6.21. The largest absolute Gasteiger partial charge is 0.458 e. The van der Waals surface area contributed by atoms with Crippen LogP contribution in [-0.2, 0) is 14.3 Å². The van der Waals surface area contributed by atoms with Crippen LogP contribution in [-0.4, -0.2) is 35.0 Å². The molecular weight excluding hydrogens is 218 g/mol. The molecule has 4 nitrogen and oxygen atoms in total. The monoisotopic (exact) mass is 241 g/mol. The number of esters is 1. The van der Waals surface area contributed by atoms with Gasteiger partial charge in [-0.3, -0.25) is 4.79 Å². The predicted molar refractivity (Wildman–Crippen MR) is 65.4 cm³/mol. The summed E-state index contributed by atoms with van der Waals surface area (Å²) in [5, 5.41) is 0. The van der Waals surface area contributed by atoms with E-state index in [0.717, 1.165) is 6.42 Å². The van der Waals surface area contributed by atoms with Crippen molar-refractivity contribution in [1.29, 1.82) is 0 Å². The van der Waals surface area contributed by atoms with Gasteiger partial charge in [-0.05, 0) is 39.5 Å². The number of ether oxygens (including phenoxy) is 1. The summed E-state index contributed by atoms with van der Waals surface area (Å²) in [5.74, 6) is 0.129. The number of carbonyl (C=O) groups excluding carboxylic acids is 2. The average Bonchev–Trinajstić information content (AvgIpc) is 2.14. The number of carbonyl (C=O) groups is 2. The summed E-state index contributed by atoms with van der Waals surface area (Å²) >= 11 is 0. The Morgan fingerprint density at radius 1 is 1.24 bits per heavy atom. The molecule has 0 N–H and O–H groups in total. The Morgan fingerprint density at radius 3 is 2.29 bits per heavy atom. The molecule has 4 heteroatoms. The van der Waals surface area contributed by atoms with Crippen LogP contribution in [0, 0.1) is 5.92 Å². The van der Waals surface area contributed by atoms with Gasteiger partial charge in [0.2, 0.25) is 5.91 Å². The van der Waals surface area contributed by atoms with Crippen molar-refractivity contribution in [2.75, 3.05) is 6.54 Å². The fraction of sp³-hybridized carbons (Fsp3) is 0.846. The van der Waals surface area contributed by atoms with E-state index in [1.54, 1.807) is 4.90 Å². The van der Waals surface area contributed by atoms with Crippen molar-refractivity contribution < 1.29 is 14.3 Å². The van der Waals surface area contributed by atoms with Gasteiger partial charge in [-0.25, -0.2) is 4.79 Å². The summed E-state index contributed by atoms with van der Waals surface area (Å²) in [6, 6.07) is -0.400. The Hall–Kier alpha value is -1.06. The zero-order valence-corrected chi connectivity index (χ0v) is 11.4. The second-order valence-corrected chi connectivity index (χ2v) is 5.90. The summed E-state index contributed by atoms with van der Waals surface area (Å²) in [4.78, 5) is 25.2. The number of hydrogen-bond donors (Lipinski definition) is 0. The molecule has 1 rings (SSSR count). The van der Waals surface area contributed by atoms with Crippen molar-refractivity contribution in [1.82, 2.24) is 4.90 Å². The molecule has 0 bridgehead atoms. The van der Waals surface area contributed by atoms with Crippen LogP contribution in [0.25, 0.3) is 0 Å². The van der Waals surface area contributed by atoms with Gasteiger partial charge >= 0.3 is 5.97 Å². The fourth-order valence-corrected chi connectivity index (χ4v) is 2.12. The minimum Gasteiger partial charge on any atom is -0.458 e. The standard InChI is InChI=1S/C13H23NO3/c1-9-6-7-11(14(8-9)10(2)15)12(16)17-13(3,4)5/h9,11H,6-8H2,1-5H3/t9-,11+/m1/s1. The van der Waals surface area contributed by atoms with Gasteiger partial charge in [0.1, 0.15) is 11.6 Å². The maximum atomic E-state index is 12.0. The molecule has 1 fully saturated rings. The maximum Gasteiger partial charge on any atom is 0.329 e. The van der Waals surface area contributed by atoms with E-state index in [2.05, 4.69) is 6.92 Å². The molecule has 0 saturated carbocycles. The third-order valence-corrected chi connectivity index (χ3v) is 2.90. The van der Waals surface area contributed by atoms with Crippen LogP contribution < -0.4 is 0 Å². The van der Waals surface area contributed by atoms with E-state index >= 15 is 0 Å². The number of likely N-dealkylation sites (tertiary alicyclic amines) is 1. The molecule has 0 aromatic carbocycles. The maximum absolute atomic E-state index is 12.0. The highest BCUT2D eigenvalue weighted by Gasteiger charge is 2.35. The van der Waals surface area contributed by atoms with Crippen molar-refractivity contribution in [3.8, 4) is 0 Å². The average molecular weight is 241 g/mol. The van der Waals surface area contributed by atoms with Gasteiger partial charge in [0.05, 0.1) is 0 Å². The molecule has 1 amide bonds. The zero-order chi connectivity index (χ0) is 13.2. The second kappa shape index (κ2) is 5.07. The lowest BCUT2D eigenvalue weighted by Gasteiger charge is -2.37. The molecular formula is C13H23NO3.